The van der Waals surface area contributed by atoms with Gasteiger partial charge in [0.1, 0.15) is 38.7 Å². The number of ether oxygens (including phenoxy) is 6. The van der Waals surface area contributed by atoms with E-state index >= 15 is 0 Å². The second-order valence-electron chi connectivity index (χ2n) is 4.56. The Morgan fingerprint density at radius 2 is 1.40 bits per heavy atom. The first-order valence-electron chi connectivity index (χ1n) is 6.41. The lowest BCUT2D eigenvalue weighted by molar-refractivity contribution is -0.205. The minimum Gasteiger partial charge on any atom is -0.359 e. The molecule has 7 nitrogen and oxygen atoms in total. The van der Waals surface area contributed by atoms with Crippen LogP contribution in [0.15, 0.2) is 11.6 Å². The molecular weight excluding hydrogens is 266 g/mol. The zero-order valence-electron chi connectivity index (χ0n) is 12.5. The summed E-state index contributed by atoms with van der Waals surface area (Å²) in [6.45, 7) is 2.37. The van der Waals surface area contributed by atoms with E-state index in [9.17, 15) is 0 Å². The predicted molar refractivity (Wildman–Crippen MR) is 72.0 cm³/mol. The van der Waals surface area contributed by atoms with Gasteiger partial charge >= 0.3 is 0 Å². The van der Waals surface area contributed by atoms with E-state index in [1.165, 1.54) is 0 Å². The van der Waals surface area contributed by atoms with Crippen LogP contribution < -0.4 is 5.73 Å². The van der Waals surface area contributed by atoms with Gasteiger partial charge in [-0.15, -0.1) is 0 Å². The molecule has 0 aromatic heterocycles. The van der Waals surface area contributed by atoms with Gasteiger partial charge in [0.25, 0.3) is 0 Å². The number of nitrogens with two attached hydrogens (primary N) is 1. The molecule has 1 aliphatic rings. The van der Waals surface area contributed by atoms with Gasteiger partial charge in [0.15, 0.2) is 0 Å². The zero-order chi connectivity index (χ0) is 15.0. The largest absolute Gasteiger partial charge is 0.359 e. The lowest BCUT2D eigenvalue weighted by Crippen LogP contribution is -2.55. The maximum Gasteiger partial charge on any atom is 0.147 e. The summed E-state index contributed by atoms with van der Waals surface area (Å²) in [6, 6.07) is -0.297. The summed E-state index contributed by atoms with van der Waals surface area (Å²) in [6.07, 6.45) is 0.843. The molecule has 0 aliphatic heterocycles. The van der Waals surface area contributed by atoms with Crippen LogP contribution in [-0.4, -0.2) is 66.1 Å². The summed E-state index contributed by atoms with van der Waals surface area (Å²) < 4.78 is 31.8. The Morgan fingerprint density at radius 1 is 0.900 bits per heavy atom. The molecule has 0 fully saturated rings. The van der Waals surface area contributed by atoms with E-state index in [-0.39, 0.29) is 44.7 Å². The van der Waals surface area contributed by atoms with Crippen LogP contribution in [0.4, 0.5) is 0 Å². The molecule has 0 radical (unpaired) electrons. The molecule has 0 unspecified atom stereocenters. The standard InChI is InChI=1S/C13H25NO6/c1-9-5-10(14)12(19-7-16-3)13(20-8-17-4)11(9)18-6-15-2/h5,10-13H,6-8,14H2,1-4H3/t10-,11+,12+,13+/m0/s1. The summed E-state index contributed by atoms with van der Waals surface area (Å²) in [5.41, 5.74) is 7.08. The first-order chi connectivity index (χ1) is 9.65. The van der Waals surface area contributed by atoms with Gasteiger partial charge in [-0.1, -0.05) is 6.08 Å². The van der Waals surface area contributed by atoms with Gasteiger partial charge in [0.2, 0.25) is 0 Å². The molecule has 0 saturated carbocycles. The molecule has 0 spiro atoms. The lowest BCUT2D eigenvalue weighted by Gasteiger charge is -2.39. The monoisotopic (exact) mass is 291 g/mol. The summed E-state index contributed by atoms with van der Waals surface area (Å²) in [4.78, 5) is 0. The van der Waals surface area contributed by atoms with Crippen LogP contribution >= 0.6 is 0 Å². The fourth-order valence-corrected chi connectivity index (χ4v) is 2.19. The lowest BCUT2D eigenvalue weighted by atomic mass is 9.89. The van der Waals surface area contributed by atoms with E-state index in [0.717, 1.165) is 5.57 Å². The molecule has 0 amide bonds. The Morgan fingerprint density at radius 3 is 1.95 bits per heavy atom. The van der Waals surface area contributed by atoms with Gasteiger partial charge in [0, 0.05) is 21.3 Å². The van der Waals surface area contributed by atoms with Crippen molar-refractivity contribution in [3.63, 3.8) is 0 Å². The van der Waals surface area contributed by atoms with Crippen molar-refractivity contribution in [3.8, 4) is 0 Å². The third kappa shape index (κ3) is 4.78. The SMILES string of the molecule is COCO[C@H]1[C@H](OCOC)[C@@H](N)C=C(C)[C@H]1OCOC. The highest BCUT2D eigenvalue weighted by Crippen LogP contribution is 2.26. The second-order valence-corrected chi connectivity index (χ2v) is 4.56. The van der Waals surface area contributed by atoms with E-state index in [4.69, 9.17) is 34.2 Å². The molecule has 1 aliphatic carbocycles. The molecular formula is C13H25NO6. The van der Waals surface area contributed by atoms with Crippen LogP contribution in [0.2, 0.25) is 0 Å². The first-order valence-corrected chi connectivity index (χ1v) is 6.41. The van der Waals surface area contributed by atoms with Crippen LogP contribution in [-0.2, 0) is 28.4 Å². The number of rotatable bonds is 9. The van der Waals surface area contributed by atoms with E-state index < -0.39 is 0 Å². The van der Waals surface area contributed by atoms with Crippen molar-refractivity contribution in [2.45, 2.75) is 31.3 Å². The number of hydrogen-bond donors (Lipinski definition) is 1. The quantitative estimate of drug-likeness (QED) is 0.481. The van der Waals surface area contributed by atoms with Crippen LogP contribution in [0, 0.1) is 0 Å². The highest BCUT2D eigenvalue weighted by Gasteiger charge is 2.40. The fourth-order valence-electron chi connectivity index (χ4n) is 2.19. The van der Waals surface area contributed by atoms with Gasteiger partial charge < -0.3 is 34.2 Å². The van der Waals surface area contributed by atoms with Crippen molar-refractivity contribution in [3.05, 3.63) is 11.6 Å². The van der Waals surface area contributed by atoms with Crippen molar-refractivity contribution < 1.29 is 28.4 Å². The van der Waals surface area contributed by atoms with E-state index in [0.29, 0.717) is 0 Å². The van der Waals surface area contributed by atoms with E-state index in [1.54, 1.807) is 21.3 Å². The maximum atomic E-state index is 6.10. The molecule has 7 heteroatoms. The van der Waals surface area contributed by atoms with Crippen molar-refractivity contribution >= 4 is 0 Å². The fraction of sp³-hybridized carbons (Fsp3) is 0.846. The molecule has 0 saturated heterocycles. The van der Waals surface area contributed by atoms with Crippen molar-refractivity contribution in [2.24, 2.45) is 5.73 Å². The van der Waals surface area contributed by atoms with Gasteiger partial charge in [-0.2, -0.15) is 0 Å². The molecule has 0 heterocycles. The third-order valence-electron chi connectivity index (χ3n) is 3.03. The van der Waals surface area contributed by atoms with E-state index in [2.05, 4.69) is 0 Å². The Hall–Kier alpha value is -0.540. The maximum absolute atomic E-state index is 6.10. The molecule has 4 atom stereocenters. The highest BCUT2D eigenvalue weighted by atomic mass is 16.7. The van der Waals surface area contributed by atoms with Crippen molar-refractivity contribution in [1.82, 2.24) is 0 Å². The predicted octanol–water partition coefficient (Wildman–Crippen LogP) is 0.241. The Labute approximate surface area is 119 Å². The summed E-state index contributed by atoms with van der Waals surface area (Å²) in [5, 5.41) is 0. The normalized spacial score (nSPS) is 30.4. The van der Waals surface area contributed by atoms with Gasteiger partial charge in [-0.05, 0) is 12.5 Å². The topological polar surface area (TPSA) is 81.4 Å². The van der Waals surface area contributed by atoms with Gasteiger partial charge in [-0.3, -0.25) is 0 Å². The van der Waals surface area contributed by atoms with Crippen molar-refractivity contribution in [1.29, 1.82) is 0 Å². The average molecular weight is 291 g/mol. The molecule has 0 bridgehead atoms. The second kappa shape index (κ2) is 9.41. The average Bonchev–Trinajstić information content (AvgIpc) is 2.43. The van der Waals surface area contributed by atoms with Crippen LogP contribution in [0.1, 0.15) is 6.92 Å². The minimum atomic E-state index is -0.389. The van der Waals surface area contributed by atoms with Gasteiger partial charge in [0.05, 0.1) is 6.04 Å². The molecule has 118 valence electrons. The minimum absolute atomic E-state index is 0.129. The van der Waals surface area contributed by atoms with Crippen LogP contribution in [0.3, 0.4) is 0 Å². The third-order valence-corrected chi connectivity index (χ3v) is 3.03. The Balaban J connectivity index is 2.83. The Kier molecular flexibility index (Phi) is 8.24. The molecule has 0 aromatic rings. The summed E-state index contributed by atoms with van der Waals surface area (Å²) >= 11 is 0. The van der Waals surface area contributed by atoms with Crippen LogP contribution in [0.5, 0.6) is 0 Å². The van der Waals surface area contributed by atoms with E-state index in [1.807, 2.05) is 13.0 Å². The number of hydrogen-bond acceptors (Lipinski definition) is 7. The van der Waals surface area contributed by atoms with Crippen LogP contribution in [0.25, 0.3) is 0 Å². The summed E-state index contributed by atoms with van der Waals surface area (Å²) in [7, 11) is 4.68. The summed E-state index contributed by atoms with van der Waals surface area (Å²) in [5.74, 6) is 0. The smallest absolute Gasteiger partial charge is 0.147 e. The highest BCUT2D eigenvalue weighted by molar-refractivity contribution is 5.20. The zero-order valence-corrected chi connectivity index (χ0v) is 12.5. The number of methoxy groups -OCH3 is 3. The van der Waals surface area contributed by atoms with Crippen molar-refractivity contribution in [2.75, 3.05) is 41.7 Å². The molecule has 1 rings (SSSR count). The Bertz CT molecular complexity index is 299. The van der Waals surface area contributed by atoms with Gasteiger partial charge in [-0.25, -0.2) is 0 Å². The molecule has 0 aromatic carbocycles. The molecule has 20 heavy (non-hydrogen) atoms. The molecule has 2 N–H and O–H groups in total. The first kappa shape index (κ1) is 17.5.